The Morgan fingerprint density at radius 1 is 0.914 bits per heavy atom. The van der Waals surface area contributed by atoms with Gasteiger partial charge < -0.3 is 24.4 Å². The second kappa shape index (κ2) is 21.3. The molecule has 0 spiro atoms. The Balaban J connectivity index is 3.88. The van der Waals surface area contributed by atoms with Crippen molar-refractivity contribution in [1.29, 1.82) is 0 Å². The third kappa shape index (κ3) is 24.9. The summed E-state index contributed by atoms with van der Waals surface area (Å²) >= 11 is 0. The Bertz CT molecular complexity index is 737. The fraction of sp³-hybridized carbons (Fsp3) is 0.600. The van der Waals surface area contributed by atoms with Gasteiger partial charge in [-0.3, -0.25) is 14.1 Å². The van der Waals surface area contributed by atoms with Crippen molar-refractivity contribution in [2.24, 2.45) is 0 Å². The Labute approximate surface area is 208 Å². The highest BCUT2D eigenvalue weighted by Crippen LogP contribution is 2.35. The van der Waals surface area contributed by atoms with Gasteiger partial charge in [-0.1, -0.05) is 62.0 Å². The third-order valence-corrected chi connectivity index (χ3v) is 4.94. The predicted molar refractivity (Wildman–Crippen MR) is 134 cm³/mol. The van der Waals surface area contributed by atoms with Crippen LogP contribution in [0, 0.1) is 0 Å². The molecule has 0 aromatic heterocycles. The van der Waals surface area contributed by atoms with Crippen LogP contribution >= 0.6 is 7.82 Å². The largest absolute Gasteiger partial charge is 0.469 e. The summed E-state index contributed by atoms with van der Waals surface area (Å²) in [6.45, 7) is 2.27. The van der Waals surface area contributed by atoms with Gasteiger partial charge in [-0.25, -0.2) is 4.57 Å². The minimum absolute atomic E-state index is 0.170. The summed E-state index contributed by atoms with van der Waals surface area (Å²) < 4.78 is 24.9. The molecule has 0 saturated carbocycles. The van der Waals surface area contributed by atoms with E-state index in [9.17, 15) is 19.3 Å². The molecule has 0 heterocycles. The number of hydrogen-bond donors (Lipinski definition) is 3. The van der Waals surface area contributed by atoms with Crippen LogP contribution in [0.5, 0.6) is 0 Å². The van der Waals surface area contributed by atoms with Crippen molar-refractivity contribution in [3.05, 3.63) is 48.6 Å². The summed E-state index contributed by atoms with van der Waals surface area (Å²) in [7, 11) is -4.72. The second-order valence-corrected chi connectivity index (χ2v) is 9.10. The van der Waals surface area contributed by atoms with Crippen molar-refractivity contribution in [2.45, 2.75) is 83.8 Å². The van der Waals surface area contributed by atoms with E-state index in [1.807, 2.05) is 18.2 Å². The number of aliphatic hydroxyl groups excluding tert-OH is 1. The van der Waals surface area contributed by atoms with Gasteiger partial charge in [0.15, 0.2) is 6.10 Å². The van der Waals surface area contributed by atoms with Gasteiger partial charge >= 0.3 is 19.8 Å². The van der Waals surface area contributed by atoms with Gasteiger partial charge in [0, 0.05) is 13.3 Å². The first kappa shape index (κ1) is 33.0. The Kier molecular flexibility index (Phi) is 20.0. The predicted octanol–water partition coefficient (Wildman–Crippen LogP) is 4.69. The quantitative estimate of drug-likeness (QED) is 0.0910. The first-order valence-electron chi connectivity index (χ1n) is 11.9. The van der Waals surface area contributed by atoms with Crippen LogP contribution in [-0.4, -0.2) is 52.3 Å². The van der Waals surface area contributed by atoms with Crippen LogP contribution in [0.4, 0.5) is 0 Å². The highest BCUT2D eigenvalue weighted by Gasteiger charge is 2.21. The van der Waals surface area contributed by atoms with Crippen LogP contribution in [0.25, 0.3) is 0 Å². The van der Waals surface area contributed by atoms with E-state index in [4.69, 9.17) is 19.3 Å². The average Bonchev–Trinajstić information content (AvgIpc) is 2.77. The number of unbranched alkanes of at least 4 members (excludes halogenated alkanes) is 1. The molecule has 9 nitrogen and oxygen atoms in total. The van der Waals surface area contributed by atoms with Crippen LogP contribution in [0.1, 0.15) is 71.6 Å². The van der Waals surface area contributed by atoms with Crippen LogP contribution in [0.2, 0.25) is 0 Å². The molecule has 0 bridgehead atoms. The molecule has 2 atom stereocenters. The van der Waals surface area contributed by atoms with E-state index in [-0.39, 0.29) is 19.1 Å². The smallest absolute Gasteiger partial charge is 0.462 e. The normalized spacial score (nSPS) is 14.3. The standard InChI is InChI=1S/C25H41O9P/c1-3-17-23(27)18-15-13-11-9-7-5-4-6-8-10-12-14-16-19-25(28)32-20-24(34-22(2)26)21-33-35(29,30)31/h4,6-7,9-10,12-13,15,23-24,27H,3,5,8,11,14,16-21H2,1-2H3,(H2,29,30,31)/b6-4-,9-7-,12-10-,15-13-/t23?,24-/m1/s1. The van der Waals surface area contributed by atoms with Gasteiger partial charge in [0.1, 0.15) is 6.61 Å². The molecular formula is C25H41O9P. The topological polar surface area (TPSA) is 140 Å². The highest BCUT2D eigenvalue weighted by atomic mass is 31.2. The van der Waals surface area contributed by atoms with E-state index in [0.29, 0.717) is 19.3 Å². The lowest BCUT2D eigenvalue weighted by atomic mass is 10.1. The van der Waals surface area contributed by atoms with Crippen LogP contribution in [0.15, 0.2) is 48.6 Å². The number of phosphoric acid groups is 1. The van der Waals surface area contributed by atoms with Crippen LogP contribution in [-0.2, 0) is 28.2 Å². The summed E-state index contributed by atoms with van der Waals surface area (Å²) in [4.78, 5) is 40.3. The molecule has 10 heteroatoms. The maximum atomic E-state index is 11.8. The number of esters is 2. The molecular weight excluding hydrogens is 475 g/mol. The maximum absolute atomic E-state index is 11.8. The summed E-state index contributed by atoms with van der Waals surface area (Å²) in [6, 6.07) is 0. The number of carbonyl (C=O) groups excluding carboxylic acids is 2. The monoisotopic (exact) mass is 516 g/mol. The van der Waals surface area contributed by atoms with Crippen molar-refractivity contribution in [2.75, 3.05) is 13.2 Å². The van der Waals surface area contributed by atoms with E-state index in [2.05, 4.69) is 41.8 Å². The lowest BCUT2D eigenvalue weighted by Crippen LogP contribution is -2.28. The molecule has 0 fully saturated rings. The van der Waals surface area contributed by atoms with Crippen molar-refractivity contribution in [3.63, 3.8) is 0 Å². The zero-order valence-electron chi connectivity index (χ0n) is 20.8. The maximum Gasteiger partial charge on any atom is 0.469 e. The Morgan fingerprint density at radius 2 is 1.49 bits per heavy atom. The van der Waals surface area contributed by atoms with E-state index in [1.54, 1.807) is 0 Å². The average molecular weight is 517 g/mol. The van der Waals surface area contributed by atoms with Gasteiger partial charge in [-0.15, -0.1) is 0 Å². The zero-order chi connectivity index (χ0) is 26.4. The number of phosphoric ester groups is 1. The van der Waals surface area contributed by atoms with Gasteiger partial charge in [-0.2, -0.15) is 0 Å². The molecule has 0 aromatic rings. The molecule has 0 aliphatic carbocycles. The zero-order valence-corrected chi connectivity index (χ0v) is 21.7. The minimum atomic E-state index is -4.72. The number of allylic oxidation sites excluding steroid dienone is 7. The van der Waals surface area contributed by atoms with Crippen molar-refractivity contribution < 1.29 is 43.0 Å². The molecule has 0 aromatic carbocycles. The van der Waals surface area contributed by atoms with E-state index in [0.717, 1.165) is 39.0 Å². The number of ether oxygens (including phenoxy) is 2. The lowest BCUT2D eigenvalue weighted by molar-refractivity contribution is -0.159. The molecule has 0 radical (unpaired) electrons. The first-order valence-corrected chi connectivity index (χ1v) is 13.5. The second-order valence-electron chi connectivity index (χ2n) is 7.86. The summed E-state index contributed by atoms with van der Waals surface area (Å²) in [5.41, 5.74) is 0. The lowest BCUT2D eigenvalue weighted by Gasteiger charge is -2.17. The van der Waals surface area contributed by atoms with Gasteiger partial charge in [0.25, 0.3) is 0 Å². The highest BCUT2D eigenvalue weighted by molar-refractivity contribution is 7.46. The van der Waals surface area contributed by atoms with Crippen molar-refractivity contribution in [1.82, 2.24) is 0 Å². The molecule has 200 valence electrons. The van der Waals surface area contributed by atoms with Crippen molar-refractivity contribution in [3.8, 4) is 0 Å². The van der Waals surface area contributed by atoms with E-state index >= 15 is 0 Å². The van der Waals surface area contributed by atoms with Gasteiger partial charge in [-0.05, 0) is 44.9 Å². The molecule has 0 aliphatic rings. The minimum Gasteiger partial charge on any atom is -0.462 e. The van der Waals surface area contributed by atoms with Crippen LogP contribution in [0.3, 0.4) is 0 Å². The summed E-state index contributed by atoms with van der Waals surface area (Å²) in [5.74, 6) is -1.17. The summed E-state index contributed by atoms with van der Waals surface area (Å²) in [6.07, 6.45) is 21.7. The number of rotatable bonds is 20. The Hall–Kier alpha value is -2.03. The van der Waals surface area contributed by atoms with Gasteiger partial charge in [0.05, 0.1) is 12.7 Å². The molecule has 0 rings (SSSR count). The molecule has 1 unspecified atom stereocenters. The van der Waals surface area contributed by atoms with Gasteiger partial charge in [0.2, 0.25) is 0 Å². The SMILES string of the molecule is CCCC(O)C/C=C\C/C=C\C/C=C\C/C=C\CCCC(=O)OC[C@H](COP(=O)(O)O)OC(C)=O. The fourth-order valence-electron chi connectivity index (χ4n) is 2.79. The molecule has 3 N–H and O–H groups in total. The number of carbonyl (C=O) groups is 2. The summed E-state index contributed by atoms with van der Waals surface area (Å²) in [5, 5.41) is 9.62. The molecule has 0 amide bonds. The van der Waals surface area contributed by atoms with Crippen molar-refractivity contribution >= 4 is 19.8 Å². The number of hydrogen-bond acceptors (Lipinski definition) is 7. The molecule has 35 heavy (non-hydrogen) atoms. The van der Waals surface area contributed by atoms with Crippen LogP contribution < -0.4 is 0 Å². The van der Waals surface area contributed by atoms with E-state index < -0.39 is 32.5 Å². The number of aliphatic hydroxyl groups is 1. The molecule has 0 aliphatic heterocycles. The fourth-order valence-corrected chi connectivity index (χ4v) is 3.15. The van der Waals surface area contributed by atoms with E-state index in [1.165, 1.54) is 0 Å². The molecule has 0 saturated heterocycles. The Morgan fingerprint density at radius 3 is 2.03 bits per heavy atom. The third-order valence-electron chi connectivity index (χ3n) is 4.46. The first-order chi connectivity index (χ1) is 16.6.